The molecule has 0 atom stereocenters. The van der Waals surface area contributed by atoms with Gasteiger partial charge in [-0.3, -0.25) is 0 Å². The van der Waals surface area contributed by atoms with Crippen molar-refractivity contribution < 1.29 is 0 Å². The summed E-state index contributed by atoms with van der Waals surface area (Å²) >= 11 is 0. The van der Waals surface area contributed by atoms with E-state index < -0.39 is 0 Å². The number of rotatable bonds is 6. The van der Waals surface area contributed by atoms with Gasteiger partial charge in [-0.2, -0.15) is 0 Å². The Labute approximate surface area is 101 Å². The van der Waals surface area contributed by atoms with Crippen molar-refractivity contribution in [2.24, 2.45) is 5.41 Å². The number of hydrogen-bond donors (Lipinski definition) is 1. The van der Waals surface area contributed by atoms with Crippen LogP contribution in [0.1, 0.15) is 26.7 Å². The van der Waals surface area contributed by atoms with Crippen molar-refractivity contribution in [1.29, 1.82) is 0 Å². The monoisotopic (exact) mass is 227 g/mol. The van der Waals surface area contributed by atoms with Gasteiger partial charge in [0.05, 0.1) is 0 Å². The van der Waals surface area contributed by atoms with E-state index in [1.54, 1.807) is 0 Å². The molecule has 1 N–H and O–H groups in total. The van der Waals surface area contributed by atoms with Crippen LogP contribution in [0, 0.1) is 5.41 Å². The van der Waals surface area contributed by atoms with E-state index in [1.807, 2.05) is 0 Å². The topological polar surface area (TPSA) is 18.5 Å². The highest BCUT2D eigenvalue weighted by molar-refractivity contribution is 4.78. The Bertz CT molecular complexity index is 180. The van der Waals surface area contributed by atoms with Gasteiger partial charge in [0, 0.05) is 26.2 Å². The third-order valence-corrected chi connectivity index (χ3v) is 3.55. The van der Waals surface area contributed by atoms with E-state index in [9.17, 15) is 0 Å². The molecule has 16 heavy (non-hydrogen) atoms. The molecule has 0 aromatic rings. The van der Waals surface area contributed by atoms with Gasteiger partial charge in [0.15, 0.2) is 0 Å². The minimum absolute atomic E-state index is 0.578. The average molecular weight is 227 g/mol. The summed E-state index contributed by atoms with van der Waals surface area (Å²) in [6, 6.07) is 0. The number of piperidine rings is 1. The van der Waals surface area contributed by atoms with Gasteiger partial charge < -0.3 is 15.1 Å². The third-order valence-electron chi connectivity index (χ3n) is 3.55. The molecule has 3 heteroatoms. The molecule has 1 saturated heterocycles. The van der Waals surface area contributed by atoms with E-state index in [2.05, 4.69) is 43.1 Å². The van der Waals surface area contributed by atoms with Crippen LogP contribution in [0.4, 0.5) is 0 Å². The van der Waals surface area contributed by atoms with E-state index in [1.165, 1.54) is 32.5 Å². The van der Waals surface area contributed by atoms with Crippen molar-refractivity contribution in [3.05, 3.63) is 0 Å². The van der Waals surface area contributed by atoms with E-state index in [0.717, 1.165) is 19.6 Å². The normalized spacial score (nSPS) is 21.6. The molecule has 1 aliphatic rings. The Morgan fingerprint density at radius 3 is 2.31 bits per heavy atom. The van der Waals surface area contributed by atoms with Gasteiger partial charge in [0.1, 0.15) is 0 Å². The van der Waals surface area contributed by atoms with Crippen LogP contribution in [0.3, 0.4) is 0 Å². The molecule has 0 spiro atoms. The molecule has 96 valence electrons. The molecule has 1 heterocycles. The molecule has 1 fully saturated rings. The maximum absolute atomic E-state index is 3.50. The van der Waals surface area contributed by atoms with Crippen LogP contribution >= 0.6 is 0 Å². The second kappa shape index (κ2) is 6.58. The summed E-state index contributed by atoms with van der Waals surface area (Å²) in [5.74, 6) is 0. The predicted octanol–water partition coefficient (Wildman–Crippen LogP) is 1.26. The summed E-state index contributed by atoms with van der Waals surface area (Å²) in [4.78, 5) is 4.81. The first-order chi connectivity index (χ1) is 7.49. The second-order valence-electron chi connectivity index (χ2n) is 6.06. The third kappa shape index (κ3) is 5.83. The van der Waals surface area contributed by atoms with E-state index >= 15 is 0 Å². The molecule has 0 amide bonds. The highest BCUT2D eigenvalue weighted by Gasteiger charge is 2.24. The molecular formula is C13H29N3. The molecule has 3 nitrogen and oxygen atoms in total. The lowest BCUT2D eigenvalue weighted by Crippen LogP contribution is -2.41. The lowest BCUT2D eigenvalue weighted by atomic mass is 9.83. The highest BCUT2D eigenvalue weighted by atomic mass is 15.1. The number of likely N-dealkylation sites (tertiary alicyclic amines) is 1. The quantitative estimate of drug-likeness (QED) is 0.689. The predicted molar refractivity (Wildman–Crippen MR) is 70.9 cm³/mol. The molecule has 0 saturated carbocycles. The fourth-order valence-electron chi connectivity index (χ4n) is 2.05. The Morgan fingerprint density at radius 2 is 1.75 bits per heavy atom. The summed E-state index contributed by atoms with van der Waals surface area (Å²) in [6.07, 6.45) is 2.70. The lowest BCUT2D eigenvalue weighted by Gasteiger charge is -2.36. The summed E-state index contributed by atoms with van der Waals surface area (Å²) in [5.41, 5.74) is 0.578. The molecule has 0 bridgehead atoms. The summed E-state index contributed by atoms with van der Waals surface area (Å²) in [5, 5.41) is 3.50. The molecule has 0 aliphatic carbocycles. The van der Waals surface area contributed by atoms with E-state index in [4.69, 9.17) is 0 Å². The number of hydrogen-bond acceptors (Lipinski definition) is 3. The van der Waals surface area contributed by atoms with E-state index in [0.29, 0.717) is 5.41 Å². The lowest BCUT2D eigenvalue weighted by molar-refractivity contribution is 0.133. The van der Waals surface area contributed by atoms with Gasteiger partial charge in [0.25, 0.3) is 0 Å². The van der Waals surface area contributed by atoms with Crippen LogP contribution in [-0.2, 0) is 0 Å². The molecule has 0 radical (unpaired) electrons. The van der Waals surface area contributed by atoms with Crippen molar-refractivity contribution in [2.75, 3.05) is 53.4 Å². The number of nitrogens with zero attached hydrogens (tertiary/aromatic N) is 2. The Hall–Kier alpha value is -0.120. The maximum Gasteiger partial charge on any atom is 0.0107 e. The first-order valence-corrected chi connectivity index (χ1v) is 6.57. The fourth-order valence-corrected chi connectivity index (χ4v) is 2.05. The minimum Gasteiger partial charge on any atom is -0.314 e. The van der Waals surface area contributed by atoms with Gasteiger partial charge in [-0.15, -0.1) is 0 Å². The highest BCUT2D eigenvalue weighted by Crippen LogP contribution is 2.29. The van der Waals surface area contributed by atoms with Crippen molar-refractivity contribution >= 4 is 0 Å². The fraction of sp³-hybridized carbons (Fsp3) is 1.00. The summed E-state index contributed by atoms with van der Waals surface area (Å²) < 4.78 is 0. The molecular weight excluding hydrogens is 198 g/mol. The first kappa shape index (κ1) is 13.9. The SMILES string of the molecule is CN(C)CCNCCN1CCC(C)(C)CC1. The van der Waals surface area contributed by atoms with Crippen LogP contribution in [0.15, 0.2) is 0 Å². The smallest absolute Gasteiger partial charge is 0.0107 e. The summed E-state index contributed by atoms with van der Waals surface area (Å²) in [6.45, 7) is 11.9. The molecule has 1 aliphatic heterocycles. The zero-order chi connectivity index (χ0) is 12.0. The Balaban J connectivity index is 1.98. The van der Waals surface area contributed by atoms with Crippen LogP contribution < -0.4 is 5.32 Å². The molecule has 0 aromatic heterocycles. The Kier molecular flexibility index (Phi) is 5.73. The standard InChI is InChI=1S/C13H29N3/c1-13(2)5-9-16(10-6-13)12-8-14-7-11-15(3)4/h14H,5-12H2,1-4H3. The Morgan fingerprint density at radius 1 is 1.12 bits per heavy atom. The van der Waals surface area contributed by atoms with Crippen molar-refractivity contribution in [3.63, 3.8) is 0 Å². The molecule has 0 unspecified atom stereocenters. The minimum atomic E-state index is 0.578. The zero-order valence-electron chi connectivity index (χ0n) is 11.6. The maximum atomic E-state index is 3.50. The number of nitrogens with one attached hydrogen (secondary N) is 1. The van der Waals surface area contributed by atoms with Crippen LogP contribution in [0.5, 0.6) is 0 Å². The zero-order valence-corrected chi connectivity index (χ0v) is 11.6. The molecule has 0 aromatic carbocycles. The summed E-state index contributed by atoms with van der Waals surface area (Å²) in [7, 11) is 4.24. The van der Waals surface area contributed by atoms with Crippen molar-refractivity contribution in [3.8, 4) is 0 Å². The van der Waals surface area contributed by atoms with E-state index in [-0.39, 0.29) is 0 Å². The number of likely N-dealkylation sites (N-methyl/N-ethyl adjacent to an activating group) is 1. The molecule has 1 rings (SSSR count). The first-order valence-electron chi connectivity index (χ1n) is 6.57. The van der Waals surface area contributed by atoms with Gasteiger partial charge in [-0.1, -0.05) is 13.8 Å². The van der Waals surface area contributed by atoms with Crippen LogP contribution in [-0.4, -0.2) is 63.2 Å². The average Bonchev–Trinajstić information content (AvgIpc) is 2.19. The van der Waals surface area contributed by atoms with Crippen molar-refractivity contribution in [1.82, 2.24) is 15.1 Å². The van der Waals surface area contributed by atoms with Crippen LogP contribution in [0.2, 0.25) is 0 Å². The largest absolute Gasteiger partial charge is 0.314 e. The van der Waals surface area contributed by atoms with Gasteiger partial charge in [-0.25, -0.2) is 0 Å². The van der Waals surface area contributed by atoms with Crippen molar-refractivity contribution in [2.45, 2.75) is 26.7 Å². The van der Waals surface area contributed by atoms with Gasteiger partial charge >= 0.3 is 0 Å². The van der Waals surface area contributed by atoms with Crippen LogP contribution in [0.25, 0.3) is 0 Å². The second-order valence-corrected chi connectivity index (χ2v) is 6.06. The van der Waals surface area contributed by atoms with Gasteiger partial charge in [0.2, 0.25) is 0 Å². The van der Waals surface area contributed by atoms with Gasteiger partial charge in [-0.05, 0) is 45.4 Å².